The van der Waals surface area contributed by atoms with Gasteiger partial charge in [0.25, 0.3) is 0 Å². The minimum atomic E-state index is -0.487. The number of benzene rings is 1. The Morgan fingerprint density at radius 2 is 1.91 bits per heavy atom. The fourth-order valence-electron chi connectivity index (χ4n) is 4.14. The summed E-state index contributed by atoms with van der Waals surface area (Å²) in [6, 6.07) is 11.6. The molecule has 2 aromatic rings. The van der Waals surface area contributed by atoms with E-state index in [0.717, 1.165) is 23.5 Å². The maximum atomic E-state index is 11.0. The minimum Gasteiger partial charge on any atom is -0.439 e. The highest BCUT2D eigenvalue weighted by atomic mass is 16.5. The zero-order valence-corrected chi connectivity index (χ0v) is 12.9. The molecule has 0 saturated heterocycles. The summed E-state index contributed by atoms with van der Waals surface area (Å²) in [5.41, 5.74) is 7.01. The molecule has 2 N–H and O–H groups in total. The molecular formula is C19H20N2O2. The third-order valence-corrected chi connectivity index (χ3v) is 5.29. The van der Waals surface area contributed by atoms with Crippen molar-refractivity contribution < 1.29 is 9.53 Å². The molecule has 118 valence electrons. The summed E-state index contributed by atoms with van der Waals surface area (Å²) < 4.78 is 5.73. The number of ether oxygens (including phenoxy) is 1. The topological polar surface area (TPSA) is 65.2 Å². The Bertz CT molecular complexity index is 709. The number of nitrogens with zero attached hydrogens (tertiary/aromatic N) is 1. The molecule has 0 aliphatic heterocycles. The van der Waals surface area contributed by atoms with Crippen molar-refractivity contribution in [2.24, 2.45) is 17.6 Å². The highest BCUT2D eigenvalue weighted by molar-refractivity contribution is 5.92. The summed E-state index contributed by atoms with van der Waals surface area (Å²) in [6.45, 7) is 0. The third kappa shape index (κ3) is 2.81. The Kier molecular flexibility index (Phi) is 3.52. The third-order valence-electron chi connectivity index (χ3n) is 5.29. The van der Waals surface area contributed by atoms with Gasteiger partial charge in [0.1, 0.15) is 5.75 Å². The molecule has 2 fully saturated rings. The van der Waals surface area contributed by atoms with E-state index in [-0.39, 0.29) is 0 Å². The van der Waals surface area contributed by atoms with Gasteiger partial charge in [0.05, 0.1) is 5.56 Å². The molecule has 2 aliphatic rings. The monoisotopic (exact) mass is 308 g/mol. The zero-order chi connectivity index (χ0) is 15.8. The van der Waals surface area contributed by atoms with Crippen LogP contribution in [0.2, 0.25) is 0 Å². The van der Waals surface area contributed by atoms with Crippen LogP contribution in [0.1, 0.15) is 47.5 Å². The number of hydrogen-bond donors (Lipinski definition) is 1. The fourth-order valence-corrected chi connectivity index (χ4v) is 4.14. The van der Waals surface area contributed by atoms with Crippen molar-refractivity contribution in [1.82, 2.24) is 4.98 Å². The molecular weight excluding hydrogens is 288 g/mol. The molecule has 23 heavy (non-hydrogen) atoms. The van der Waals surface area contributed by atoms with Crippen LogP contribution >= 0.6 is 0 Å². The van der Waals surface area contributed by atoms with Crippen LogP contribution < -0.4 is 10.5 Å². The summed E-state index contributed by atoms with van der Waals surface area (Å²) in [4.78, 5) is 15.1. The number of rotatable bonds is 4. The first-order valence-corrected chi connectivity index (χ1v) is 8.23. The maximum Gasteiger partial charge on any atom is 0.250 e. The van der Waals surface area contributed by atoms with Gasteiger partial charge < -0.3 is 10.5 Å². The molecule has 4 heteroatoms. The lowest BCUT2D eigenvalue weighted by atomic mass is 9.83. The minimum absolute atomic E-state index is 0.379. The number of nitrogens with two attached hydrogens (primary N) is 1. The lowest BCUT2D eigenvalue weighted by Gasteiger charge is -2.22. The SMILES string of the molecule is NC(=O)c1ccc(Oc2ccc(C3C[C@@H]4CC[C@H]3C4)cc2)nc1. The molecule has 2 saturated carbocycles. The van der Waals surface area contributed by atoms with Gasteiger partial charge in [-0.05, 0) is 60.8 Å². The Hall–Kier alpha value is -2.36. The lowest BCUT2D eigenvalue weighted by molar-refractivity contribution is 0.1000. The number of fused-ring (bicyclic) bond motifs is 2. The van der Waals surface area contributed by atoms with Gasteiger partial charge in [-0.3, -0.25) is 4.79 Å². The Balaban J connectivity index is 1.45. The van der Waals surface area contributed by atoms with Gasteiger partial charge in [0.2, 0.25) is 11.8 Å². The van der Waals surface area contributed by atoms with Gasteiger partial charge in [-0.1, -0.05) is 18.6 Å². The molecule has 2 bridgehead atoms. The van der Waals surface area contributed by atoms with Gasteiger partial charge in [-0.25, -0.2) is 4.98 Å². The van der Waals surface area contributed by atoms with Gasteiger partial charge in [-0.2, -0.15) is 0 Å². The largest absolute Gasteiger partial charge is 0.439 e. The first-order chi connectivity index (χ1) is 11.2. The zero-order valence-electron chi connectivity index (χ0n) is 12.9. The van der Waals surface area contributed by atoms with Crippen molar-refractivity contribution in [2.45, 2.75) is 31.6 Å². The van der Waals surface area contributed by atoms with Crippen molar-refractivity contribution in [3.8, 4) is 11.6 Å². The normalized spacial score (nSPS) is 25.5. The van der Waals surface area contributed by atoms with E-state index in [1.807, 2.05) is 12.1 Å². The van der Waals surface area contributed by atoms with Crippen LogP contribution in [0, 0.1) is 11.8 Å². The van der Waals surface area contributed by atoms with E-state index >= 15 is 0 Å². The van der Waals surface area contributed by atoms with Crippen LogP contribution in [0.15, 0.2) is 42.6 Å². The van der Waals surface area contributed by atoms with Crippen molar-refractivity contribution in [2.75, 3.05) is 0 Å². The maximum absolute atomic E-state index is 11.0. The standard InChI is InChI=1S/C19H20N2O2/c20-19(22)15-5-8-18(21-11-15)23-16-6-3-13(4-7-16)17-10-12-1-2-14(17)9-12/h3-8,11-12,14,17H,1-2,9-10H2,(H2,20,22)/t12-,14+,17?/m1/s1. The summed E-state index contributed by atoms with van der Waals surface area (Å²) in [5.74, 6) is 3.30. The summed E-state index contributed by atoms with van der Waals surface area (Å²) >= 11 is 0. The van der Waals surface area contributed by atoms with Crippen molar-refractivity contribution in [1.29, 1.82) is 0 Å². The molecule has 1 amide bonds. The van der Waals surface area contributed by atoms with Crippen molar-refractivity contribution in [3.05, 3.63) is 53.7 Å². The molecule has 4 nitrogen and oxygen atoms in total. The average molecular weight is 308 g/mol. The number of hydrogen-bond acceptors (Lipinski definition) is 3. The van der Waals surface area contributed by atoms with E-state index in [2.05, 4.69) is 17.1 Å². The molecule has 3 atom stereocenters. The number of carbonyl (C=O) groups excluding carboxylic acids is 1. The average Bonchev–Trinajstić information content (AvgIpc) is 3.19. The molecule has 1 aromatic carbocycles. The number of amides is 1. The lowest BCUT2D eigenvalue weighted by Crippen LogP contribution is -2.10. The number of carbonyl (C=O) groups is 1. The molecule has 1 heterocycles. The van der Waals surface area contributed by atoms with Crippen LogP contribution in [-0.4, -0.2) is 10.9 Å². The number of pyridine rings is 1. The van der Waals surface area contributed by atoms with E-state index < -0.39 is 5.91 Å². The van der Waals surface area contributed by atoms with E-state index in [1.165, 1.54) is 37.4 Å². The Morgan fingerprint density at radius 1 is 1.09 bits per heavy atom. The first kappa shape index (κ1) is 14.2. The van der Waals surface area contributed by atoms with Crippen molar-refractivity contribution in [3.63, 3.8) is 0 Å². The quantitative estimate of drug-likeness (QED) is 0.932. The number of primary amides is 1. The highest BCUT2D eigenvalue weighted by Gasteiger charge is 2.39. The van der Waals surface area contributed by atoms with Gasteiger partial charge in [-0.15, -0.1) is 0 Å². The Labute approximate surface area is 135 Å². The van der Waals surface area contributed by atoms with Gasteiger partial charge >= 0.3 is 0 Å². The van der Waals surface area contributed by atoms with Crippen LogP contribution in [-0.2, 0) is 0 Å². The second-order valence-electron chi connectivity index (χ2n) is 6.70. The van der Waals surface area contributed by atoms with Crippen LogP contribution in [0.4, 0.5) is 0 Å². The smallest absolute Gasteiger partial charge is 0.250 e. The summed E-state index contributed by atoms with van der Waals surface area (Å²) in [7, 11) is 0. The summed E-state index contributed by atoms with van der Waals surface area (Å²) in [5, 5.41) is 0. The van der Waals surface area contributed by atoms with E-state index in [4.69, 9.17) is 10.5 Å². The molecule has 0 radical (unpaired) electrons. The van der Waals surface area contributed by atoms with Crippen LogP contribution in [0.5, 0.6) is 11.6 Å². The predicted molar refractivity (Wildman–Crippen MR) is 87.5 cm³/mol. The molecule has 2 aliphatic carbocycles. The molecule has 1 unspecified atom stereocenters. The molecule has 0 spiro atoms. The molecule has 1 aromatic heterocycles. The van der Waals surface area contributed by atoms with Gasteiger partial charge in [0.15, 0.2) is 0 Å². The van der Waals surface area contributed by atoms with Crippen LogP contribution in [0.25, 0.3) is 0 Å². The predicted octanol–water partition coefficient (Wildman–Crippen LogP) is 3.88. The van der Waals surface area contributed by atoms with E-state index in [0.29, 0.717) is 11.4 Å². The summed E-state index contributed by atoms with van der Waals surface area (Å²) in [6.07, 6.45) is 7.01. The van der Waals surface area contributed by atoms with Gasteiger partial charge in [0, 0.05) is 12.3 Å². The Morgan fingerprint density at radius 3 is 2.48 bits per heavy atom. The van der Waals surface area contributed by atoms with E-state index in [9.17, 15) is 4.79 Å². The number of aromatic nitrogens is 1. The van der Waals surface area contributed by atoms with Crippen molar-refractivity contribution >= 4 is 5.91 Å². The fraction of sp³-hybridized carbons (Fsp3) is 0.368. The highest BCUT2D eigenvalue weighted by Crippen LogP contribution is 2.52. The second-order valence-corrected chi connectivity index (χ2v) is 6.70. The second kappa shape index (κ2) is 5.69. The van der Waals surface area contributed by atoms with Crippen LogP contribution in [0.3, 0.4) is 0 Å². The first-order valence-electron chi connectivity index (χ1n) is 8.23. The molecule has 4 rings (SSSR count). The van der Waals surface area contributed by atoms with E-state index in [1.54, 1.807) is 12.1 Å².